The summed E-state index contributed by atoms with van der Waals surface area (Å²) in [6.45, 7) is 7.22. The van der Waals surface area contributed by atoms with E-state index in [1.165, 1.54) is 7.11 Å². The number of hydrogen-bond acceptors (Lipinski definition) is 9. The maximum Gasteiger partial charge on any atom is 0.475 e. The lowest BCUT2D eigenvalue weighted by molar-refractivity contribution is -0.134. The molecule has 2 aliphatic heterocycles. The van der Waals surface area contributed by atoms with Gasteiger partial charge in [0.2, 0.25) is 5.91 Å². The van der Waals surface area contributed by atoms with Crippen molar-refractivity contribution < 1.29 is 33.9 Å². The standard InChI is InChI=1S/C27H40BN5O7/c1-27(2,33-13-11-31(12-14-33)26(36)39-3)16-22(17-29)24(34)32-10-9-21(18-32)19-40-25(35)30-23(28(37)38)15-20-7-5-4-6-8-20/h4-8,21-23,37-38H,9-16,18-19H2,1-3H3,(H,30,35)/t21-,22?,23-/m0/s1. The third-order valence-electron chi connectivity index (χ3n) is 7.74. The topological polar surface area (TPSA) is 156 Å². The molecule has 3 rings (SSSR count). The number of amides is 3. The lowest BCUT2D eigenvalue weighted by Crippen LogP contribution is -2.56. The molecule has 12 nitrogen and oxygen atoms in total. The fraction of sp³-hybridized carbons (Fsp3) is 0.630. The number of carbonyl (C=O) groups excluding carboxylic acids is 3. The van der Waals surface area contributed by atoms with Gasteiger partial charge >= 0.3 is 19.3 Å². The Hall–Kier alpha value is -3.34. The molecule has 3 atom stereocenters. The van der Waals surface area contributed by atoms with E-state index in [4.69, 9.17) is 9.47 Å². The van der Waals surface area contributed by atoms with Crippen LogP contribution in [0.5, 0.6) is 0 Å². The van der Waals surface area contributed by atoms with Crippen LogP contribution in [0.1, 0.15) is 32.3 Å². The van der Waals surface area contributed by atoms with Crippen molar-refractivity contribution in [2.75, 3.05) is 53.0 Å². The maximum atomic E-state index is 13.2. The van der Waals surface area contributed by atoms with E-state index in [1.807, 2.05) is 44.2 Å². The van der Waals surface area contributed by atoms with Crippen LogP contribution in [0.15, 0.2) is 30.3 Å². The first-order valence-electron chi connectivity index (χ1n) is 13.6. The van der Waals surface area contributed by atoms with Crippen LogP contribution in [0, 0.1) is 23.2 Å². The molecule has 0 aliphatic carbocycles. The Morgan fingerprint density at radius 3 is 2.40 bits per heavy atom. The number of nitrogens with zero attached hydrogens (tertiary/aromatic N) is 4. The van der Waals surface area contributed by atoms with Gasteiger partial charge in [-0.25, -0.2) is 9.59 Å². The summed E-state index contributed by atoms with van der Waals surface area (Å²) in [6, 6.07) is 11.3. The Morgan fingerprint density at radius 2 is 1.80 bits per heavy atom. The third-order valence-corrected chi connectivity index (χ3v) is 7.74. The quantitative estimate of drug-likeness (QED) is 0.356. The van der Waals surface area contributed by atoms with Crippen molar-refractivity contribution in [1.82, 2.24) is 20.0 Å². The van der Waals surface area contributed by atoms with Crippen LogP contribution in [0.3, 0.4) is 0 Å². The number of alkyl carbamates (subject to hydrolysis) is 1. The molecule has 1 aromatic rings. The Labute approximate surface area is 235 Å². The SMILES string of the molecule is COC(=O)N1CCN(C(C)(C)CC(C#N)C(=O)N2CC[C@H](COC(=O)N[C@@H](Cc3ccccc3)B(O)O)C2)CC1. The first kappa shape index (κ1) is 31.2. The third kappa shape index (κ3) is 8.58. The summed E-state index contributed by atoms with van der Waals surface area (Å²) in [5.41, 5.74) is 0.413. The second kappa shape index (κ2) is 14.3. The van der Waals surface area contributed by atoms with Gasteiger partial charge in [0.1, 0.15) is 5.92 Å². The molecule has 0 spiro atoms. The number of ether oxygens (including phenoxy) is 2. The summed E-state index contributed by atoms with van der Waals surface area (Å²) in [5.74, 6) is -2.07. The van der Waals surface area contributed by atoms with E-state index in [2.05, 4.69) is 16.3 Å². The summed E-state index contributed by atoms with van der Waals surface area (Å²) < 4.78 is 10.1. The minimum atomic E-state index is -1.75. The molecule has 3 N–H and O–H groups in total. The van der Waals surface area contributed by atoms with E-state index in [0.29, 0.717) is 52.1 Å². The van der Waals surface area contributed by atoms with E-state index in [1.54, 1.807) is 9.80 Å². The molecule has 3 amide bonds. The lowest BCUT2D eigenvalue weighted by atomic mass is 9.76. The smallest absolute Gasteiger partial charge is 0.453 e. The summed E-state index contributed by atoms with van der Waals surface area (Å²) in [5, 5.41) is 31.7. The van der Waals surface area contributed by atoms with E-state index in [-0.39, 0.29) is 30.9 Å². The van der Waals surface area contributed by atoms with Gasteiger partial charge in [0.05, 0.1) is 25.7 Å². The fourth-order valence-corrected chi connectivity index (χ4v) is 5.32. The highest BCUT2D eigenvalue weighted by Gasteiger charge is 2.38. The van der Waals surface area contributed by atoms with Gasteiger partial charge < -0.3 is 34.6 Å². The number of benzene rings is 1. The molecule has 40 heavy (non-hydrogen) atoms. The van der Waals surface area contributed by atoms with Crippen LogP contribution < -0.4 is 5.32 Å². The minimum absolute atomic E-state index is 0.0718. The highest BCUT2D eigenvalue weighted by Crippen LogP contribution is 2.28. The van der Waals surface area contributed by atoms with Gasteiger partial charge in [0.25, 0.3) is 0 Å². The average molecular weight is 557 g/mol. The summed E-state index contributed by atoms with van der Waals surface area (Å²) >= 11 is 0. The van der Waals surface area contributed by atoms with Crippen molar-refractivity contribution in [2.24, 2.45) is 11.8 Å². The number of rotatable bonds is 10. The van der Waals surface area contributed by atoms with Crippen molar-refractivity contribution in [3.63, 3.8) is 0 Å². The number of likely N-dealkylation sites (tertiary alicyclic amines) is 1. The largest absolute Gasteiger partial charge is 0.475 e. The molecule has 1 aromatic carbocycles. The van der Waals surface area contributed by atoms with Crippen LogP contribution in [0.2, 0.25) is 0 Å². The molecule has 0 bridgehead atoms. The van der Waals surface area contributed by atoms with Crippen LogP contribution in [-0.2, 0) is 20.7 Å². The predicted molar refractivity (Wildman–Crippen MR) is 147 cm³/mol. The molecule has 13 heteroatoms. The molecule has 2 fully saturated rings. The average Bonchev–Trinajstić information content (AvgIpc) is 3.43. The number of hydrogen-bond donors (Lipinski definition) is 3. The number of nitrogens with one attached hydrogen (secondary N) is 1. The predicted octanol–water partition coefficient (Wildman–Crippen LogP) is 0.877. The molecule has 2 heterocycles. The molecule has 2 aliphatic rings. The van der Waals surface area contributed by atoms with E-state index < -0.39 is 30.6 Å². The van der Waals surface area contributed by atoms with Crippen LogP contribution in [0.25, 0.3) is 0 Å². The zero-order valence-electron chi connectivity index (χ0n) is 23.5. The Balaban J connectivity index is 1.45. The molecular formula is C27H40BN5O7. The number of carbonyl (C=O) groups is 3. The van der Waals surface area contributed by atoms with Gasteiger partial charge in [0.15, 0.2) is 0 Å². The van der Waals surface area contributed by atoms with Crippen molar-refractivity contribution in [1.29, 1.82) is 5.26 Å². The normalized spacial score (nSPS) is 19.4. The van der Waals surface area contributed by atoms with Gasteiger partial charge in [-0.05, 0) is 38.7 Å². The Kier molecular flexibility index (Phi) is 11.2. The minimum Gasteiger partial charge on any atom is -0.453 e. The van der Waals surface area contributed by atoms with Crippen molar-refractivity contribution >= 4 is 25.2 Å². The zero-order valence-corrected chi connectivity index (χ0v) is 23.5. The molecule has 2 saturated heterocycles. The van der Waals surface area contributed by atoms with Crippen LogP contribution in [-0.4, -0.2) is 114 Å². The number of nitriles is 1. The molecule has 0 saturated carbocycles. The van der Waals surface area contributed by atoms with Gasteiger partial charge in [-0.1, -0.05) is 30.3 Å². The fourth-order valence-electron chi connectivity index (χ4n) is 5.32. The summed E-state index contributed by atoms with van der Waals surface area (Å²) in [4.78, 5) is 42.8. The molecular weight excluding hydrogens is 517 g/mol. The van der Waals surface area contributed by atoms with Crippen LogP contribution in [0.4, 0.5) is 9.59 Å². The molecule has 1 unspecified atom stereocenters. The van der Waals surface area contributed by atoms with Gasteiger partial charge in [-0.3, -0.25) is 9.69 Å². The Bertz CT molecular complexity index is 1040. The highest BCUT2D eigenvalue weighted by atomic mass is 16.6. The van der Waals surface area contributed by atoms with E-state index >= 15 is 0 Å². The van der Waals surface area contributed by atoms with Gasteiger partial charge in [0, 0.05) is 50.7 Å². The van der Waals surface area contributed by atoms with Crippen molar-refractivity contribution in [3.05, 3.63) is 35.9 Å². The number of piperazine rings is 1. The summed E-state index contributed by atoms with van der Waals surface area (Å²) in [7, 11) is -0.396. The second-order valence-electron chi connectivity index (χ2n) is 11.0. The molecule has 218 valence electrons. The second-order valence-corrected chi connectivity index (χ2v) is 11.0. The number of methoxy groups -OCH3 is 1. The Morgan fingerprint density at radius 1 is 1.12 bits per heavy atom. The van der Waals surface area contributed by atoms with Crippen LogP contribution >= 0.6 is 0 Å². The van der Waals surface area contributed by atoms with Gasteiger partial charge in [-0.2, -0.15) is 5.26 Å². The monoisotopic (exact) mass is 557 g/mol. The van der Waals surface area contributed by atoms with Crippen molar-refractivity contribution in [3.8, 4) is 6.07 Å². The zero-order chi connectivity index (χ0) is 29.3. The van der Waals surface area contributed by atoms with E-state index in [9.17, 15) is 29.7 Å². The first-order valence-corrected chi connectivity index (χ1v) is 13.6. The first-order chi connectivity index (χ1) is 19.0. The molecule has 0 aromatic heterocycles. The van der Waals surface area contributed by atoms with E-state index in [0.717, 1.165) is 5.56 Å². The summed E-state index contributed by atoms with van der Waals surface area (Å²) in [6.07, 6.45) is 0.0962. The lowest BCUT2D eigenvalue weighted by Gasteiger charge is -2.44. The highest BCUT2D eigenvalue weighted by molar-refractivity contribution is 6.43. The maximum absolute atomic E-state index is 13.2. The molecule has 0 radical (unpaired) electrons. The van der Waals surface area contributed by atoms with Gasteiger partial charge in [-0.15, -0.1) is 0 Å². The van der Waals surface area contributed by atoms with Crippen molar-refractivity contribution in [2.45, 2.75) is 44.6 Å².